The highest BCUT2D eigenvalue weighted by atomic mass is 32.2. The molecule has 0 radical (unpaired) electrons. The Hall–Kier alpha value is -2.14. The van der Waals surface area contributed by atoms with Gasteiger partial charge in [0.1, 0.15) is 0 Å². The second-order valence-corrected chi connectivity index (χ2v) is 10.0. The molecule has 2 aromatic carbocycles. The smallest absolute Gasteiger partial charge is 0.223 e. The van der Waals surface area contributed by atoms with Crippen LogP contribution in [-0.2, 0) is 14.6 Å². The number of rotatable bonds is 7. The van der Waals surface area contributed by atoms with E-state index in [9.17, 15) is 13.2 Å². The first-order valence-electron chi connectivity index (χ1n) is 9.46. The van der Waals surface area contributed by atoms with Crippen molar-refractivity contribution in [2.45, 2.75) is 31.4 Å². The molecule has 3 rings (SSSR count). The molecular formula is C22H27NO3S. The highest BCUT2D eigenvalue weighted by molar-refractivity contribution is 7.92. The lowest BCUT2D eigenvalue weighted by molar-refractivity contribution is -0.134. The quantitative estimate of drug-likeness (QED) is 0.733. The molecule has 0 bridgehead atoms. The second kappa shape index (κ2) is 8.26. The van der Waals surface area contributed by atoms with E-state index in [1.807, 2.05) is 74.5 Å². The molecule has 1 saturated heterocycles. The highest BCUT2D eigenvalue weighted by Gasteiger charge is 2.40. The fourth-order valence-corrected chi connectivity index (χ4v) is 5.59. The summed E-state index contributed by atoms with van der Waals surface area (Å²) in [5, 5.41) is -0.407. The van der Waals surface area contributed by atoms with Crippen molar-refractivity contribution in [1.29, 1.82) is 0 Å². The number of benzene rings is 2. The van der Waals surface area contributed by atoms with Crippen LogP contribution in [0.3, 0.4) is 0 Å². The number of likely N-dealkylation sites (tertiary alicyclic amines) is 1. The molecule has 0 N–H and O–H groups in total. The maximum Gasteiger partial charge on any atom is 0.223 e. The molecule has 144 valence electrons. The molecule has 1 amide bonds. The number of hydrogen-bond acceptors (Lipinski definition) is 3. The molecule has 27 heavy (non-hydrogen) atoms. The fourth-order valence-electron chi connectivity index (χ4n) is 3.57. The van der Waals surface area contributed by atoms with E-state index in [2.05, 4.69) is 0 Å². The predicted octanol–water partition coefficient (Wildman–Crippen LogP) is 3.49. The van der Waals surface area contributed by atoms with Crippen molar-refractivity contribution in [3.05, 3.63) is 71.8 Å². The first-order chi connectivity index (χ1) is 12.9. The number of amides is 1. The van der Waals surface area contributed by atoms with E-state index in [0.717, 1.165) is 11.1 Å². The van der Waals surface area contributed by atoms with Gasteiger partial charge in [-0.25, -0.2) is 8.42 Å². The third-order valence-electron chi connectivity index (χ3n) is 5.06. The topological polar surface area (TPSA) is 54.5 Å². The number of carbonyl (C=O) groups is 1. The SMILES string of the molecule is CC(C)CS(=O)(=O)C1CN(C(=O)CC(c2ccccc2)c2ccccc2)C1. The van der Waals surface area contributed by atoms with Crippen molar-refractivity contribution >= 4 is 15.7 Å². The zero-order chi connectivity index (χ0) is 19.4. The Morgan fingerprint density at radius 1 is 0.963 bits per heavy atom. The number of carbonyl (C=O) groups excluding carboxylic acids is 1. The summed E-state index contributed by atoms with van der Waals surface area (Å²) in [6, 6.07) is 20.0. The van der Waals surface area contributed by atoms with Crippen molar-refractivity contribution in [3.63, 3.8) is 0 Å². The summed E-state index contributed by atoms with van der Waals surface area (Å²) in [7, 11) is -3.12. The monoisotopic (exact) mass is 385 g/mol. The lowest BCUT2D eigenvalue weighted by atomic mass is 9.88. The zero-order valence-corrected chi connectivity index (χ0v) is 16.7. The summed E-state index contributed by atoms with van der Waals surface area (Å²) >= 11 is 0. The molecule has 5 heteroatoms. The molecule has 1 heterocycles. The van der Waals surface area contributed by atoms with Gasteiger partial charge in [0.25, 0.3) is 0 Å². The van der Waals surface area contributed by atoms with Crippen LogP contribution >= 0.6 is 0 Å². The fraction of sp³-hybridized carbons (Fsp3) is 0.409. The molecule has 0 saturated carbocycles. The average molecular weight is 386 g/mol. The van der Waals surface area contributed by atoms with Crippen molar-refractivity contribution in [2.75, 3.05) is 18.8 Å². The molecular weight excluding hydrogens is 358 g/mol. The summed E-state index contributed by atoms with van der Waals surface area (Å²) in [5.41, 5.74) is 2.20. The van der Waals surface area contributed by atoms with Crippen LogP contribution in [0.4, 0.5) is 0 Å². The first-order valence-corrected chi connectivity index (χ1v) is 11.2. The van der Waals surface area contributed by atoms with Crippen LogP contribution in [0.2, 0.25) is 0 Å². The Labute approximate surface area is 162 Å². The first kappa shape index (κ1) is 19.6. The standard InChI is InChI=1S/C22H27NO3S/c1-17(2)16-27(25,26)20-14-23(15-20)22(24)13-21(18-9-5-3-6-10-18)19-11-7-4-8-12-19/h3-12,17,20-21H,13-16H2,1-2H3. The molecule has 0 aliphatic carbocycles. The van der Waals surface area contributed by atoms with E-state index < -0.39 is 15.1 Å². The van der Waals surface area contributed by atoms with Gasteiger partial charge in [0.2, 0.25) is 5.91 Å². The summed E-state index contributed by atoms with van der Waals surface area (Å²) in [4.78, 5) is 14.5. The van der Waals surface area contributed by atoms with Crippen molar-refractivity contribution in [1.82, 2.24) is 4.90 Å². The minimum Gasteiger partial charge on any atom is -0.340 e. The van der Waals surface area contributed by atoms with Gasteiger partial charge in [-0.2, -0.15) is 0 Å². The van der Waals surface area contributed by atoms with Crippen molar-refractivity contribution in [3.8, 4) is 0 Å². The van der Waals surface area contributed by atoms with Crippen molar-refractivity contribution < 1.29 is 13.2 Å². The second-order valence-electron chi connectivity index (χ2n) is 7.72. The number of nitrogens with zero attached hydrogens (tertiary/aromatic N) is 1. The van der Waals surface area contributed by atoms with Gasteiger partial charge in [0, 0.05) is 25.4 Å². The van der Waals surface area contributed by atoms with Crippen LogP contribution in [0.15, 0.2) is 60.7 Å². The summed E-state index contributed by atoms with van der Waals surface area (Å²) in [6.45, 7) is 4.46. The molecule has 0 atom stereocenters. The minimum absolute atomic E-state index is 0.0173. The van der Waals surface area contributed by atoms with Gasteiger partial charge >= 0.3 is 0 Å². The minimum atomic E-state index is -3.12. The van der Waals surface area contributed by atoms with Gasteiger partial charge < -0.3 is 4.90 Å². The number of sulfone groups is 1. The summed E-state index contributed by atoms with van der Waals surface area (Å²) < 4.78 is 24.6. The predicted molar refractivity (Wildman–Crippen MR) is 108 cm³/mol. The molecule has 2 aromatic rings. The summed E-state index contributed by atoms with van der Waals surface area (Å²) in [5.74, 6) is 0.298. The van der Waals surface area contributed by atoms with Crippen LogP contribution in [0.5, 0.6) is 0 Å². The molecule has 4 nitrogen and oxygen atoms in total. The normalized spacial score (nSPS) is 15.2. The van der Waals surface area contributed by atoms with E-state index in [-0.39, 0.29) is 23.5 Å². The Morgan fingerprint density at radius 2 is 1.44 bits per heavy atom. The average Bonchev–Trinajstić information content (AvgIpc) is 2.58. The molecule has 0 spiro atoms. The Kier molecular flexibility index (Phi) is 6.00. The van der Waals surface area contributed by atoms with Gasteiger partial charge in [-0.3, -0.25) is 4.79 Å². The van der Waals surface area contributed by atoms with E-state index >= 15 is 0 Å². The van der Waals surface area contributed by atoms with Crippen LogP contribution in [-0.4, -0.2) is 43.3 Å². The Morgan fingerprint density at radius 3 is 1.89 bits per heavy atom. The maximum atomic E-state index is 12.8. The Balaban J connectivity index is 1.68. The van der Waals surface area contributed by atoms with Crippen LogP contribution in [0.25, 0.3) is 0 Å². The van der Waals surface area contributed by atoms with Gasteiger partial charge in [-0.05, 0) is 17.0 Å². The Bertz CT molecular complexity index is 817. The largest absolute Gasteiger partial charge is 0.340 e. The number of hydrogen-bond donors (Lipinski definition) is 0. The zero-order valence-electron chi connectivity index (χ0n) is 15.9. The van der Waals surface area contributed by atoms with E-state index in [1.165, 1.54) is 0 Å². The molecule has 0 unspecified atom stereocenters. The van der Waals surface area contributed by atoms with Gasteiger partial charge in [0.05, 0.1) is 11.0 Å². The van der Waals surface area contributed by atoms with Crippen LogP contribution in [0, 0.1) is 5.92 Å². The van der Waals surface area contributed by atoms with E-state index in [1.54, 1.807) is 4.90 Å². The molecule has 1 fully saturated rings. The third-order valence-corrected chi connectivity index (χ3v) is 7.50. The van der Waals surface area contributed by atoms with E-state index in [4.69, 9.17) is 0 Å². The maximum absolute atomic E-state index is 12.8. The highest BCUT2D eigenvalue weighted by Crippen LogP contribution is 2.30. The van der Waals surface area contributed by atoms with Crippen LogP contribution < -0.4 is 0 Å². The lowest BCUT2D eigenvalue weighted by Gasteiger charge is -2.39. The van der Waals surface area contributed by atoms with Crippen molar-refractivity contribution in [2.24, 2.45) is 5.92 Å². The molecule has 1 aliphatic rings. The third kappa shape index (κ3) is 4.78. The van der Waals surface area contributed by atoms with Crippen LogP contribution in [0.1, 0.15) is 37.3 Å². The van der Waals surface area contributed by atoms with Gasteiger partial charge in [-0.1, -0.05) is 74.5 Å². The van der Waals surface area contributed by atoms with E-state index in [0.29, 0.717) is 19.5 Å². The van der Waals surface area contributed by atoms with Gasteiger partial charge in [0.15, 0.2) is 9.84 Å². The lowest BCUT2D eigenvalue weighted by Crippen LogP contribution is -2.57. The summed E-state index contributed by atoms with van der Waals surface area (Å²) in [6.07, 6.45) is 0.352. The molecule has 1 aliphatic heterocycles. The van der Waals surface area contributed by atoms with Gasteiger partial charge in [-0.15, -0.1) is 0 Å². The molecule has 0 aromatic heterocycles.